The number of carbonyl (C=O) groups is 2. The molecule has 0 fully saturated rings. The molecule has 0 aliphatic heterocycles. The van der Waals surface area contributed by atoms with E-state index in [2.05, 4.69) is 10.3 Å². The molecule has 1 N–H and O–H groups in total. The molecule has 0 bridgehead atoms. The number of oxazole rings is 1. The van der Waals surface area contributed by atoms with Crippen molar-refractivity contribution in [3.63, 3.8) is 0 Å². The number of aromatic nitrogens is 1. The minimum Gasteiger partial charge on any atom is -0.453 e. The Kier molecular flexibility index (Phi) is 5.44. The van der Waals surface area contributed by atoms with Crippen LogP contribution in [-0.2, 0) is 20.7 Å². The van der Waals surface area contributed by atoms with E-state index in [1.54, 1.807) is 12.1 Å². The Morgan fingerprint density at radius 1 is 1.22 bits per heavy atom. The number of amides is 1. The topological polar surface area (TPSA) is 81.4 Å². The Morgan fingerprint density at radius 2 is 2.00 bits per heavy atom. The molecule has 1 amide bonds. The molecule has 0 unspecified atom stereocenters. The normalized spacial score (nSPS) is 12.0. The third kappa shape index (κ3) is 4.66. The van der Waals surface area contributed by atoms with Crippen molar-refractivity contribution in [2.45, 2.75) is 25.9 Å². The first-order valence-corrected chi connectivity index (χ1v) is 8.22. The van der Waals surface area contributed by atoms with Crippen molar-refractivity contribution in [2.75, 3.05) is 5.32 Å². The van der Waals surface area contributed by atoms with Crippen LogP contribution in [0.2, 0.25) is 0 Å². The lowest BCUT2D eigenvalue weighted by Crippen LogP contribution is -2.30. The average molecular weight is 374 g/mol. The predicted molar refractivity (Wildman–Crippen MR) is 92.9 cm³/mol. The third-order valence-corrected chi connectivity index (χ3v) is 3.74. The smallest absolute Gasteiger partial charge is 0.307 e. The predicted octanol–water partition coefficient (Wildman–Crippen LogP) is 3.61. The lowest BCUT2D eigenvalue weighted by atomic mass is 10.2. The van der Waals surface area contributed by atoms with E-state index in [0.717, 1.165) is 18.2 Å². The van der Waals surface area contributed by atoms with Crippen molar-refractivity contribution in [3.05, 3.63) is 60.0 Å². The summed E-state index contributed by atoms with van der Waals surface area (Å²) in [5.41, 5.74) is 0.978. The Labute approximate surface area is 153 Å². The van der Waals surface area contributed by atoms with Gasteiger partial charge in [0, 0.05) is 12.5 Å². The standard InChI is InChI=1S/C19H16F2N2O4/c1-11(19(25)23-15-10-12(20)6-7-13(15)21)26-18(24)9-8-17-22-14-4-2-3-5-16(14)27-17/h2-7,10-11H,8-9H2,1H3,(H,23,25)/t11-/m0/s1. The van der Waals surface area contributed by atoms with E-state index < -0.39 is 29.6 Å². The maximum absolute atomic E-state index is 13.5. The number of ether oxygens (including phenoxy) is 1. The molecule has 2 aromatic carbocycles. The second kappa shape index (κ2) is 7.94. The molecule has 0 saturated heterocycles. The van der Waals surface area contributed by atoms with E-state index in [9.17, 15) is 18.4 Å². The summed E-state index contributed by atoms with van der Waals surface area (Å²) in [5, 5.41) is 2.19. The lowest BCUT2D eigenvalue weighted by Gasteiger charge is -2.13. The number of hydrogen-bond acceptors (Lipinski definition) is 5. The highest BCUT2D eigenvalue weighted by molar-refractivity contribution is 5.95. The van der Waals surface area contributed by atoms with Crippen LogP contribution in [0.4, 0.5) is 14.5 Å². The Bertz CT molecular complexity index is 954. The zero-order chi connectivity index (χ0) is 19.4. The number of rotatable bonds is 6. The summed E-state index contributed by atoms with van der Waals surface area (Å²) in [7, 11) is 0. The maximum Gasteiger partial charge on any atom is 0.307 e. The molecule has 1 aromatic heterocycles. The Morgan fingerprint density at radius 3 is 2.78 bits per heavy atom. The number of anilines is 1. The number of para-hydroxylation sites is 2. The monoisotopic (exact) mass is 374 g/mol. The van der Waals surface area contributed by atoms with E-state index in [1.165, 1.54) is 6.92 Å². The van der Waals surface area contributed by atoms with Gasteiger partial charge >= 0.3 is 5.97 Å². The zero-order valence-electron chi connectivity index (χ0n) is 14.4. The zero-order valence-corrected chi connectivity index (χ0v) is 14.4. The number of benzene rings is 2. The highest BCUT2D eigenvalue weighted by Crippen LogP contribution is 2.17. The number of aryl methyl sites for hydroxylation is 1. The van der Waals surface area contributed by atoms with Crippen LogP contribution in [0, 0.1) is 11.6 Å². The molecule has 0 aliphatic rings. The summed E-state index contributed by atoms with van der Waals surface area (Å²) in [5.74, 6) is -2.52. The molecule has 0 saturated carbocycles. The number of fused-ring (bicyclic) bond motifs is 1. The maximum atomic E-state index is 13.5. The molecular formula is C19H16F2N2O4. The summed E-state index contributed by atoms with van der Waals surface area (Å²) in [4.78, 5) is 28.2. The van der Waals surface area contributed by atoms with Gasteiger partial charge in [-0.1, -0.05) is 12.1 Å². The van der Waals surface area contributed by atoms with Crippen LogP contribution in [-0.4, -0.2) is 23.0 Å². The van der Waals surface area contributed by atoms with Gasteiger partial charge in [-0.25, -0.2) is 13.8 Å². The molecule has 1 heterocycles. The molecule has 6 nitrogen and oxygen atoms in total. The van der Waals surface area contributed by atoms with Gasteiger partial charge in [-0.05, 0) is 31.2 Å². The third-order valence-electron chi connectivity index (χ3n) is 3.74. The van der Waals surface area contributed by atoms with Gasteiger partial charge in [-0.3, -0.25) is 9.59 Å². The molecule has 0 aliphatic carbocycles. The van der Waals surface area contributed by atoms with Crippen LogP contribution in [0.3, 0.4) is 0 Å². The number of carbonyl (C=O) groups excluding carboxylic acids is 2. The number of halogens is 2. The van der Waals surface area contributed by atoms with Crippen molar-refractivity contribution in [1.29, 1.82) is 0 Å². The van der Waals surface area contributed by atoms with Crippen LogP contribution in [0.15, 0.2) is 46.9 Å². The van der Waals surface area contributed by atoms with Crippen LogP contribution < -0.4 is 5.32 Å². The van der Waals surface area contributed by atoms with E-state index in [0.29, 0.717) is 17.0 Å². The Balaban J connectivity index is 1.52. The number of nitrogens with zero attached hydrogens (tertiary/aromatic N) is 1. The minimum atomic E-state index is -1.18. The van der Waals surface area contributed by atoms with E-state index in [-0.39, 0.29) is 18.5 Å². The fourth-order valence-corrected chi connectivity index (χ4v) is 2.37. The van der Waals surface area contributed by atoms with Crippen molar-refractivity contribution in [2.24, 2.45) is 0 Å². The van der Waals surface area contributed by atoms with E-state index >= 15 is 0 Å². The molecule has 8 heteroatoms. The molecule has 0 radical (unpaired) electrons. The van der Waals surface area contributed by atoms with Gasteiger partial charge in [0.25, 0.3) is 5.91 Å². The second-order valence-corrected chi connectivity index (χ2v) is 5.82. The highest BCUT2D eigenvalue weighted by Gasteiger charge is 2.20. The first-order chi connectivity index (χ1) is 12.9. The van der Waals surface area contributed by atoms with Gasteiger partial charge < -0.3 is 14.5 Å². The largest absolute Gasteiger partial charge is 0.453 e. The van der Waals surface area contributed by atoms with Gasteiger partial charge in [0.05, 0.1) is 12.1 Å². The molecule has 1 atom stereocenters. The van der Waals surface area contributed by atoms with Crippen LogP contribution in [0.5, 0.6) is 0 Å². The van der Waals surface area contributed by atoms with E-state index in [1.807, 2.05) is 12.1 Å². The summed E-state index contributed by atoms with van der Waals surface area (Å²) < 4.78 is 37.2. The first kappa shape index (κ1) is 18.5. The molecule has 140 valence electrons. The lowest BCUT2D eigenvalue weighted by molar-refractivity contribution is -0.153. The summed E-state index contributed by atoms with van der Waals surface area (Å²) >= 11 is 0. The number of hydrogen-bond donors (Lipinski definition) is 1. The summed E-state index contributed by atoms with van der Waals surface area (Å²) in [6, 6.07) is 9.86. The highest BCUT2D eigenvalue weighted by atomic mass is 19.1. The fourth-order valence-electron chi connectivity index (χ4n) is 2.37. The van der Waals surface area contributed by atoms with Crippen LogP contribution in [0.1, 0.15) is 19.2 Å². The number of nitrogens with one attached hydrogen (secondary N) is 1. The minimum absolute atomic E-state index is 0.0429. The molecule has 3 aromatic rings. The van der Waals surface area contributed by atoms with Gasteiger partial charge in [0.1, 0.15) is 17.2 Å². The van der Waals surface area contributed by atoms with Crippen LogP contribution >= 0.6 is 0 Å². The van der Waals surface area contributed by atoms with Crippen molar-refractivity contribution < 1.29 is 27.5 Å². The Hall–Kier alpha value is -3.29. The summed E-state index contributed by atoms with van der Waals surface area (Å²) in [6.45, 7) is 1.34. The van der Waals surface area contributed by atoms with Crippen molar-refractivity contribution >= 4 is 28.7 Å². The van der Waals surface area contributed by atoms with Crippen LogP contribution in [0.25, 0.3) is 11.1 Å². The molecular weight excluding hydrogens is 358 g/mol. The first-order valence-electron chi connectivity index (χ1n) is 8.22. The quantitative estimate of drug-likeness (QED) is 0.667. The van der Waals surface area contributed by atoms with Crippen molar-refractivity contribution in [3.8, 4) is 0 Å². The van der Waals surface area contributed by atoms with Gasteiger partial charge in [-0.2, -0.15) is 0 Å². The van der Waals surface area contributed by atoms with E-state index in [4.69, 9.17) is 9.15 Å². The van der Waals surface area contributed by atoms with Gasteiger partial charge in [0.2, 0.25) is 0 Å². The average Bonchev–Trinajstić information content (AvgIpc) is 3.06. The number of esters is 1. The SMILES string of the molecule is C[C@H](OC(=O)CCc1nc2ccccc2o1)C(=O)Nc1cc(F)ccc1F. The van der Waals surface area contributed by atoms with Crippen molar-refractivity contribution in [1.82, 2.24) is 4.98 Å². The summed E-state index contributed by atoms with van der Waals surface area (Å²) in [6.07, 6.45) is -1.01. The molecule has 27 heavy (non-hydrogen) atoms. The second-order valence-electron chi connectivity index (χ2n) is 5.82. The fraction of sp³-hybridized carbons (Fsp3) is 0.211. The van der Waals surface area contributed by atoms with Gasteiger partial charge in [-0.15, -0.1) is 0 Å². The van der Waals surface area contributed by atoms with Gasteiger partial charge in [0.15, 0.2) is 17.6 Å². The molecule has 3 rings (SSSR count). The molecule has 0 spiro atoms.